The molecule has 0 spiro atoms. The van der Waals surface area contributed by atoms with Gasteiger partial charge in [-0.3, -0.25) is 0 Å². The van der Waals surface area contributed by atoms with E-state index in [-0.39, 0.29) is 22.9 Å². The van der Waals surface area contributed by atoms with Crippen molar-refractivity contribution in [2.45, 2.75) is 6.61 Å². The molecule has 0 saturated carbocycles. The number of nitrogens with one attached hydrogen (secondary N) is 3. The molecule has 0 unspecified atom stereocenters. The van der Waals surface area contributed by atoms with Crippen LogP contribution in [0.3, 0.4) is 0 Å². The van der Waals surface area contributed by atoms with E-state index in [2.05, 4.69) is 25.6 Å². The number of benzene rings is 1. The molecule has 1 aromatic carbocycles. The summed E-state index contributed by atoms with van der Waals surface area (Å²) in [6, 6.07) is 7.34. The van der Waals surface area contributed by atoms with Crippen LogP contribution in [0.2, 0.25) is 5.02 Å². The molecule has 10 heteroatoms. The van der Waals surface area contributed by atoms with Crippen molar-refractivity contribution in [1.29, 1.82) is 10.7 Å². The van der Waals surface area contributed by atoms with E-state index in [9.17, 15) is 4.39 Å². The molecule has 2 heterocycles. The molecule has 0 atom stereocenters. The Kier molecular flexibility index (Phi) is 5.74. The third kappa shape index (κ3) is 4.20. The minimum absolute atomic E-state index is 0.0227. The predicted octanol–water partition coefficient (Wildman–Crippen LogP) is 3.51. The molecule has 0 aliphatic heterocycles. The summed E-state index contributed by atoms with van der Waals surface area (Å²) in [7, 11) is 0. The molecule has 2 aromatic heterocycles. The Bertz CT molecular complexity index is 1060. The molecule has 4 N–H and O–H groups in total. The summed E-state index contributed by atoms with van der Waals surface area (Å²) in [6.45, 7) is -0.235. The Hall–Kier alpha value is -3.61. The van der Waals surface area contributed by atoms with Crippen LogP contribution in [0.5, 0.6) is 0 Å². The number of anilines is 4. The quantitative estimate of drug-likeness (QED) is 0.468. The molecule has 0 saturated heterocycles. The zero-order chi connectivity index (χ0) is 20.1. The largest absolute Gasteiger partial charge is 0.390 e. The first-order valence-electron chi connectivity index (χ1n) is 7.89. The molecular weight excluding hydrogens is 385 g/mol. The predicted molar refractivity (Wildman–Crippen MR) is 103 cm³/mol. The molecule has 140 valence electrons. The first-order chi connectivity index (χ1) is 13.5. The van der Waals surface area contributed by atoms with Gasteiger partial charge in [0.15, 0.2) is 0 Å². The maximum Gasteiger partial charge on any atom is 0.149 e. The van der Waals surface area contributed by atoms with Gasteiger partial charge in [-0.2, -0.15) is 5.26 Å². The molecule has 3 rings (SSSR count). The highest BCUT2D eigenvalue weighted by Gasteiger charge is 2.13. The first-order valence-corrected chi connectivity index (χ1v) is 8.27. The Morgan fingerprint density at radius 3 is 2.64 bits per heavy atom. The van der Waals surface area contributed by atoms with Crippen LogP contribution in [-0.4, -0.2) is 26.3 Å². The van der Waals surface area contributed by atoms with Crippen LogP contribution in [0.25, 0.3) is 0 Å². The van der Waals surface area contributed by atoms with Crippen LogP contribution in [0, 0.1) is 22.6 Å². The summed E-state index contributed by atoms with van der Waals surface area (Å²) in [6.07, 6.45) is 3.77. The van der Waals surface area contributed by atoms with Crippen molar-refractivity contribution in [2.75, 3.05) is 10.6 Å². The third-order valence-corrected chi connectivity index (χ3v) is 3.96. The lowest BCUT2D eigenvalue weighted by Crippen LogP contribution is -2.03. The number of aromatic nitrogens is 3. The Morgan fingerprint density at radius 1 is 1.18 bits per heavy atom. The molecule has 3 aromatic rings. The Balaban J connectivity index is 1.94. The smallest absolute Gasteiger partial charge is 0.149 e. The summed E-state index contributed by atoms with van der Waals surface area (Å²) in [4.78, 5) is 12.1. The average molecular weight is 398 g/mol. The topological polar surface area (TPSA) is 131 Å². The van der Waals surface area contributed by atoms with Gasteiger partial charge in [0.2, 0.25) is 0 Å². The highest BCUT2D eigenvalue weighted by Crippen LogP contribution is 2.31. The van der Waals surface area contributed by atoms with E-state index in [0.717, 1.165) is 12.3 Å². The standard InChI is InChI=1S/C18H13ClFN7O/c19-13-1-10(5-21)2-14(20)18(13)26-15-4-17(23-7-11(15)6-22)27-16-3-12(8-28)24-9-25-16/h1-4,6-7,9,22,28H,8H2,(H2,23,24,25,26,27). The second-order valence-corrected chi connectivity index (χ2v) is 5.94. The average Bonchev–Trinajstić information content (AvgIpc) is 2.70. The van der Waals surface area contributed by atoms with E-state index in [1.807, 2.05) is 6.07 Å². The minimum Gasteiger partial charge on any atom is -0.390 e. The Morgan fingerprint density at radius 2 is 1.96 bits per heavy atom. The van der Waals surface area contributed by atoms with Gasteiger partial charge in [-0.15, -0.1) is 0 Å². The van der Waals surface area contributed by atoms with Crippen molar-refractivity contribution >= 4 is 40.8 Å². The zero-order valence-electron chi connectivity index (χ0n) is 14.2. The monoisotopic (exact) mass is 397 g/mol. The summed E-state index contributed by atoms with van der Waals surface area (Å²) >= 11 is 6.08. The lowest BCUT2D eigenvalue weighted by atomic mass is 10.2. The summed E-state index contributed by atoms with van der Waals surface area (Å²) in [5.41, 5.74) is 1.27. The van der Waals surface area contributed by atoms with Crippen LogP contribution in [0.1, 0.15) is 16.8 Å². The van der Waals surface area contributed by atoms with Crippen molar-refractivity contribution in [1.82, 2.24) is 15.0 Å². The lowest BCUT2D eigenvalue weighted by molar-refractivity contribution is 0.276. The van der Waals surface area contributed by atoms with Crippen LogP contribution in [-0.2, 0) is 6.61 Å². The molecule has 0 amide bonds. The second-order valence-electron chi connectivity index (χ2n) is 5.53. The van der Waals surface area contributed by atoms with Crippen LogP contribution in [0.15, 0.2) is 36.8 Å². The maximum absolute atomic E-state index is 14.3. The van der Waals surface area contributed by atoms with Crippen molar-refractivity contribution < 1.29 is 9.50 Å². The third-order valence-electron chi connectivity index (χ3n) is 3.66. The minimum atomic E-state index is -0.699. The fourth-order valence-corrected chi connectivity index (χ4v) is 2.59. The van der Waals surface area contributed by atoms with E-state index >= 15 is 0 Å². The van der Waals surface area contributed by atoms with Gasteiger partial charge in [0, 0.05) is 30.1 Å². The number of nitriles is 1. The van der Waals surface area contributed by atoms with Gasteiger partial charge < -0.3 is 21.1 Å². The number of pyridine rings is 1. The fourth-order valence-electron chi connectivity index (χ4n) is 2.33. The number of nitrogens with zero attached hydrogens (tertiary/aromatic N) is 4. The number of rotatable bonds is 6. The normalized spacial score (nSPS) is 10.2. The van der Waals surface area contributed by atoms with Crippen LogP contribution < -0.4 is 10.6 Å². The van der Waals surface area contributed by atoms with E-state index in [0.29, 0.717) is 28.6 Å². The van der Waals surface area contributed by atoms with Crippen molar-refractivity contribution in [3.8, 4) is 6.07 Å². The highest BCUT2D eigenvalue weighted by molar-refractivity contribution is 6.33. The van der Waals surface area contributed by atoms with Crippen molar-refractivity contribution in [2.24, 2.45) is 0 Å². The first kappa shape index (κ1) is 19.2. The summed E-state index contributed by atoms with van der Waals surface area (Å²) < 4.78 is 14.3. The fraction of sp³-hybridized carbons (Fsp3) is 0.0556. The van der Waals surface area contributed by atoms with Gasteiger partial charge in [0.1, 0.15) is 23.8 Å². The number of halogens is 2. The summed E-state index contributed by atoms with van der Waals surface area (Å²) in [5, 5.41) is 31.4. The number of hydrogen-bond acceptors (Lipinski definition) is 8. The van der Waals surface area contributed by atoms with Crippen molar-refractivity contribution in [3.63, 3.8) is 0 Å². The van der Waals surface area contributed by atoms with E-state index in [4.69, 9.17) is 27.4 Å². The van der Waals surface area contributed by atoms with Gasteiger partial charge in [0.25, 0.3) is 0 Å². The molecule has 0 radical (unpaired) electrons. The molecule has 0 bridgehead atoms. The van der Waals surface area contributed by atoms with Gasteiger partial charge in [-0.05, 0) is 12.1 Å². The SMILES string of the molecule is N#Cc1cc(F)c(Nc2cc(Nc3cc(CO)ncn3)ncc2C=N)c(Cl)c1. The number of aliphatic hydroxyl groups excluding tert-OH is 1. The van der Waals surface area contributed by atoms with Crippen molar-refractivity contribution in [3.05, 3.63) is 64.5 Å². The van der Waals surface area contributed by atoms with Crippen LogP contribution in [0.4, 0.5) is 27.4 Å². The zero-order valence-corrected chi connectivity index (χ0v) is 15.0. The van der Waals surface area contributed by atoms with Gasteiger partial charge >= 0.3 is 0 Å². The molecule has 0 aliphatic rings. The number of hydrogen-bond donors (Lipinski definition) is 4. The van der Waals surface area contributed by atoms with E-state index in [1.54, 1.807) is 12.1 Å². The molecule has 0 aliphatic carbocycles. The van der Waals surface area contributed by atoms with Gasteiger partial charge in [-0.1, -0.05) is 11.6 Å². The molecular formula is C18H13ClFN7O. The molecule has 0 fully saturated rings. The lowest BCUT2D eigenvalue weighted by Gasteiger charge is -2.14. The second kappa shape index (κ2) is 8.39. The highest BCUT2D eigenvalue weighted by atomic mass is 35.5. The van der Waals surface area contributed by atoms with E-state index < -0.39 is 5.82 Å². The van der Waals surface area contributed by atoms with Gasteiger partial charge in [0.05, 0.1) is 40.3 Å². The molecule has 28 heavy (non-hydrogen) atoms. The molecule has 8 nitrogen and oxygen atoms in total. The van der Waals surface area contributed by atoms with Gasteiger partial charge in [-0.25, -0.2) is 19.3 Å². The Labute approximate surface area is 164 Å². The maximum atomic E-state index is 14.3. The number of aliphatic hydroxyl groups is 1. The summed E-state index contributed by atoms with van der Waals surface area (Å²) in [5.74, 6) is 0.0678. The van der Waals surface area contributed by atoms with Crippen LogP contribution >= 0.6 is 11.6 Å². The van der Waals surface area contributed by atoms with E-state index in [1.165, 1.54) is 18.6 Å².